The second-order valence-electron chi connectivity index (χ2n) is 2.43. The molecule has 0 aliphatic carbocycles. The van der Waals surface area contributed by atoms with Crippen LogP contribution in [0.1, 0.15) is 0 Å². The molecule has 0 saturated heterocycles. The molecule has 0 bridgehead atoms. The topological polar surface area (TPSA) is 42.2 Å². The first-order valence-corrected chi connectivity index (χ1v) is 4.78. The Hall–Kier alpha value is -0.810. The maximum absolute atomic E-state index is 5.73. The van der Waals surface area contributed by atoms with Crippen LogP contribution >= 0.6 is 27.5 Å². The summed E-state index contributed by atoms with van der Waals surface area (Å²) >= 11 is 9.08. The molecule has 0 unspecified atom stereocenters. The maximum Gasteiger partial charge on any atom is 0.243 e. The smallest absolute Gasteiger partial charge is 0.243 e. The highest BCUT2D eigenvalue weighted by Gasteiger charge is 2.07. The molecule has 0 aliphatic heterocycles. The molecule has 0 spiro atoms. The summed E-state index contributed by atoms with van der Waals surface area (Å²) in [6, 6.07) is 3.80. The van der Waals surface area contributed by atoms with E-state index < -0.39 is 0 Å². The average Bonchev–Trinajstić information content (AvgIpc) is 2.47. The number of halogens is 2. The quantitative estimate of drug-likeness (QED) is 0.855. The minimum Gasteiger partial charge on any atom is -0.371 e. The lowest BCUT2D eigenvalue weighted by Crippen LogP contribution is -2.01. The van der Waals surface area contributed by atoms with Gasteiger partial charge in [0.05, 0.1) is 0 Å². The van der Waals surface area contributed by atoms with E-state index in [1.54, 1.807) is 11.6 Å². The van der Waals surface area contributed by atoms with Gasteiger partial charge in [-0.3, -0.25) is 0 Å². The van der Waals surface area contributed by atoms with Gasteiger partial charge in [-0.1, -0.05) is 0 Å². The molecule has 6 heteroatoms. The summed E-state index contributed by atoms with van der Waals surface area (Å²) in [4.78, 5) is 4.03. The molecule has 0 aromatic carbocycles. The number of anilines is 1. The number of hydrogen-bond donors (Lipinski definition) is 1. The van der Waals surface area contributed by atoms with Gasteiger partial charge in [0.15, 0.2) is 5.82 Å². The molecule has 0 radical (unpaired) electrons. The van der Waals surface area contributed by atoms with Crippen LogP contribution in [0.5, 0.6) is 0 Å². The zero-order valence-corrected chi connectivity index (χ0v) is 9.09. The van der Waals surface area contributed by atoms with Crippen molar-refractivity contribution >= 4 is 38.9 Å². The zero-order valence-electron chi connectivity index (χ0n) is 6.75. The Morgan fingerprint density at radius 2 is 2.31 bits per heavy atom. The van der Waals surface area contributed by atoms with Gasteiger partial charge in [-0.2, -0.15) is 4.98 Å². The molecule has 0 fully saturated rings. The summed E-state index contributed by atoms with van der Waals surface area (Å²) in [6.45, 7) is 0. The van der Waals surface area contributed by atoms with Crippen molar-refractivity contribution in [1.29, 1.82) is 0 Å². The molecule has 2 rings (SSSR count). The third-order valence-corrected chi connectivity index (χ3v) is 2.44. The van der Waals surface area contributed by atoms with Gasteiger partial charge in [0.1, 0.15) is 10.1 Å². The first-order chi connectivity index (χ1) is 6.22. The van der Waals surface area contributed by atoms with Crippen molar-refractivity contribution in [1.82, 2.24) is 14.6 Å². The van der Waals surface area contributed by atoms with Crippen LogP contribution in [0.2, 0.25) is 5.28 Å². The van der Waals surface area contributed by atoms with Crippen LogP contribution in [0.3, 0.4) is 0 Å². The van der Waals surface area contributed by atoms with Gasteiger partial charge >= 0.3 is 0 Å². The van der Waals surface area contributed by atoms with Crippen LogP contribution in [0, 0.1) is 0 Å². The highest BCUT2D eigenvalue weighted by Crippen LogP contribution is 2.21. The van der Waals surface area contributed by atoms with Crippen molar-refractivity contribution in [3.8, 4) is 0 Å². The van der Waals surface area contributed by atoms with E-state index in [1.807, 2.05) is 12.1 Å². The Morgan fingerprint density at radius 3 is 3.00 bits per heavy atom. The molecule has 1 N–H and O–H groups in total. The average molecular weight is 262 g/mol. The molecule has 2 aromatic rings. The zero-order chi connectivity index (χ0) is 9.42. The van der Waals surface area contributed by atoms with E-state index in [2.05, 4.69) is 31.3 Å². The Kier molecular flexibility index (Phi) is 2.13. The van der Waals surface area contributed by atoms with Gasteiger partial charge < -0.3 is 5.32 Å². The molecule has 2 aromatic heterocycles. The van der Waals surface area contributed by atoms with Gasteiger partial charge in [-0.15, -0.1) is 5.10 Å². The van der Waals surface area contributed by atoms with Crippen LogP contribution in [-0.4, -0.2) is 21.6 Å². The number of nitrogens with zero attached hydrogens (tertiary/aromatic N) is 3. The standard InChI is InChI=1S/C7H6BrClN4/c1-10-6-4-2-3-5(8)13(4)12-7(9)11-6/h2-3H,1H3,(H,10,11,12). The van der Waals surface area contributed by atoms with E-state index >= 15 is 0 Å². The maximum atomic E-state index is 5.73. The number of aromatic nitrogens is 3. The van der Waals surface area contributed by atoms with E-state index in [9.17, 15) is 0 Å². The Labute approximate surface area is 88.0 Å². The number of rotatable bonds is 1. The summed E-state index contributed by atoms with van der Waals surface area (Å²) < 4.78 is 2.53. The van der Waals surface area contributed by atoms with Crippen molar-refractivity contribution in [3.63, 3.8) is 0 Å². The fourth-order valence-electron chi connectivity index (χ4n) is 1.12. The first kappa shape index (κ1) is 8.77. The third kappa shape index (κ3) is 1.38. The van der Waals surface area contributed by atoms with Gasteiger partial charge in [0, 0.05) is 7.05 Å². The lowest BCUT2D eigenvalue weighted by molar-refractivity contribution is 0.888. The molecule has 0 aliphatic rings. The fourth-order valence-corrected chi connectivity index (χ4v) is 1.69. The van der Waals surface area contributed by atoms with E-state index in [-0.39, 0.29) is 5.28 Å². The fraction of sp³-hybridized carbons (Fsp3) is 0.143. The molecule has 2 heterocycles. The van der Waals surface area contributed by atoms with Crippen molar-refractivity contribution in [2.75, 3.05) is 12.4 Å². The number of fused-ring (bicyclic) bond motifs is 1. The molecule has 0 amide bonds. The monoisotopic (exact) mass is 260 g/mol. The predicted octanol–water partition coefficient (Wildman–Crippen LogP) is 2.19. The van der Waals surface area contributed by atoms with Crippen molar-refractivity contribution in [3.05, 3.63) is 22.0 Å². The van der Waals surface area contributed by atoms with Crippen LogP contribution in [0.15, 0.2) is 16.7 Å². The summed E-state index contributed by atoms with van der Waals surface area (Å²) in [5, 5.41) is 7.19. The molecule has 68 valence electrons. The van der Waals surface area contributed by atoms with Crippen LogP contribution < -0.4 is 5.32 Å². The van der Waals surface area contributed by atoms with Crippen molar-refractivity contribution in [2.24, 2.45) is 0 Å². The molecule has 13 heavy (non-hydrogen) atoms. The van der Waals surface area contributed by atoms with Gasteiger partial charge in [-0.25, -0.2) is 4.52 Å². The Bertz CT molecular complexity index is 453. The van der Waals surface area contributed by atoms with Gasteiger partial charge in [-0.05, 0) is 39.7 Å². The van der Waals surface area contributed by atoms with Crippen molar-refractivity contribution in [2.45, 2.75) is 0 Å². The SMILES string of the molecule is CNc1nc(Cl)nn2c(Br)ccc12. The number of hydrogen-bond acceptors (Lipinski definition) is 3. The lowest BCUT2D eigenvalue weighted by atomic mass is 10.5. The van der Waals surface area contributed by atoms with Gasteiger partial charge in [0.2, 0.25) is 5.28 Å². The highest BCUT2D eigenvalue weighted by atomic mass is 79.9. The van der Waals surface area contributed by atoms with E-state index in [0.717, 1.165) is 10.1 Å². The highest BCUT2D eigenvalue weighted by molar-refractivity contribution is 9.10. The normalized spacial score (nSPS) is 10.7. The van der Waals surface area contributed by atoms with Gasteiger partial charge in [0.25, 0.3) is 0 Å². The lowest BCUT2D eigenvalue weighted by Gasteiger charge is -2.02. The summed E-state index contributed by atoms with van der Waals surface area (Å²) in [5.41, 5.74) is 0.888. The van der Waals surface area contributed by atoms with Crippen LogP contribution in [0.25, 0.3) is 5.52 Å². The Balaban J connectivity index is 2.84. The molecule has 4 nitrogen and oxygen atoms in total. The molecule has 0 saturated carbocycles. The minimum atomic E-state index is 0.216. The Morgan fingerprint density at radius 1 is 1.54 bits per heavy atom. The summed E-state index contributed by atoms with van der Waals surface area (Å²) in [7, 11) is 1.79. The predicted molar refractivity (Wildman–Crippen MR) is 55.2 cm³/mol. The first-order valence-electron chi connectivity index (χ1n) is 3.61. The molecule has 0 atom stereocenters. The molecular weight excluding hydrogens is 255 g/mol. The van der Waals surface area contributed by atoms with E-state index in [1.165, 1.54) is 0 Å². The molecular formula is C7H6BrClN4. The van der Waals surface area contributed by atoms with Crippen LogP contribution in [0.4, 0.5) is 5.82 Å². The summed E-state index contributed by atoms with van der Waals surface area (Å²) in [6.07, 6.45) is 0. The van der Waals surface area contributed by atoms with Crippen molar-refractivity contribution < 1.29 is 0 Å². The third-order valence-electron chi connectivity index (χ3n) is 1.68. The second-order valence-corrected chi connectivity index (χ2v) is 3.58. The van der Waals surface area contributed by atoms with E-state index in [0.29, 0.717) is 5.82 Å². The largest absolute Gasteiger partial charge is 0.371 e. The minimum absolute atomic E-state index is 0.216. The second kappa shape index (κ2) is 3.16. The number of nitrogens with one attached hydrogen (secondary N) is 1. The van der Waals surface area contributed by atoms with Crippen LogP contribution in [-0.2, 0) is 0 Å². The summed E-state index contributed by atoms with van der Waals surface area (Å²) in [5.74, 6) is 0.714. The van der Waals surface area contributed by atoms with E-state index in [4.69, 9.17) is 11.6 Å².